The van der Waals surface area contributed by atoms with Gasteiger partial charge < -0.3 is 14.8 Å². The van der Waals surface area contributed by atoms with E-state index in [2.05, 4.69) is 32.3 Å². The highest BCUT2D eigenvalue weighted by Crippen LogP contribution is 2.32. The summed E-state index contributed by atoms with van der Waals surface area (Å²) in [5.41, 5.74) is 4.56. The van der Waals surface area contributed by atoms with Crippen molar-refractivity contribution in [3.8, 4) is 0 Å². The smallest absolute Gasteiger partial charge is 0.245 e. The number of aromatic nitrogens is 3. The van der Waals surface area contributed by atoms with E-state index in [4.69, 9.17) is 0 Å². The van der Waals surface area contributed by atoms with Gasteiger partial charge in [-0.05, 0) is 25.0 Å². The molecule has 7 heteroatoms. The molecule has 3 heterocycles. The molecule has 0 unspecified atom stereocenters. The van der Waals surface area contributed by atoms with E-state index in [0.717, 1.165) is 36.1 Å². The van der Waals surface area contributed by atoms with Crippen molar-refractivity contribution in [1.82, 2.24) is 14.5 Å². The van der Waals surface area contributed by atoms with E-state index in [0.29, 0.717) is 11.7 Å². The maximum atomic E-state index is 12.3. The van der Waals surface area contributed by atoms with Crippen LogP contribution in [-0.2, 0) is 18.3 Å². The van der Waals surface area contributed by atoms with Crippen molar-refractivity contribution < 1.29 is 4.79 Å². The van der Waals surface area contributed by atoms with Crippen LogP contribution in [0.5, 0.6) is 0 Å². The molecule has 1 aromatic carbocycles. The number of hydrogen-bond donors (Lipinski definition) is 1. The number of imidazole rings is 1. The van der Waals surface area contributed by atoms with Gasteiger partial charge in [-0.2, -0.15) is 0 Å². The summed E-state index contributed by atoms with van der Waals surface area (Å²) in [5, 5.41) is 5.34. The van der Waals surface area contributed by atoms with E-state index in [1.54, 1.807) is 6.20 Å². The average Bonchev–Trinajstić information content (AvgIpc) is 3.18. The lowest BCUT2D eigenvalue weighted by molar-refractivity contribution is -0.115. The number of anilines is 2. The lowest BCUT2D eigenvalue weighted by Gasteiger charge is -2.30. The molecule has 0 spiro atoms. The van der Waals surface area contributed by atoms with Gasteiger partial charge in [-0.15, -0.1) is 11.3 Å². The van der Waals surface area contributed by atoms with Crippen molar-refractivity contribution >= 4 is 39.1 Å². The first-order chi connectivity index (χ1) is 11.2. The van der Waals surface area contributed by atoms with Gasteiger partial charge in [-0.1, -0.05) is 0 Å². The van der Waals surface area contributed by atoms with Crippen molar-refractivity contribution in [2.24, 2.45) is 7.05 Å². The van der Waals surface area contributed by atoms with E-state index >= 15 is 0 Å². The zero-order valence-corrected chi connectivity index (χ0v) is 13.6. The summed E-state index contributed by atoms with van der Waals surface area (Å²) in [6.07, 6.45) is 5.58. The first kappa shape index (κ1) is 14.2. The first-order valence-corrected chi connectivity index (χ1v) is 8.47. The Balaban J connectivity index is 1.60. The number of nitrogens with zero attached hydrogens (tertiary/aromatic N) is 4. The Labute approximate surface area is 137 Å². The predicted octanol–water partition coefficient (Wildman–Crippen LogP) is 2.42. The highest BCUT2D eigenvalue weighted by atomic mass is 32.1. The van der Waals surface area contributed by atoms with Crippen LogP contribution in [0.15, 0.2) is 30.0 Å². The molecule has 118 valence electrons. The third-order valence-corrected chi connectivity index (χ3v) is 4.87. The molecule has 0 fully saturated rings. The summed E-state index contributed by atoms with van der Waals surface area (Å²) in [4.78, 5) is 23.0. The third kappa shape index (κ3) is 2.57. The van der Waals surface area contributed by atoms with Crippen LogP contribution in [0.2, 0.25) is 0 Å². The van der Waals surface area contributed by atoms with Crippen LogP contribution in [0.25, 0.3) is 11.0 Å². The summed E-state index contributed by atoms with van der Waals surface area (Å²) in [6, 6.07) is 4.19. The molecule has 23 heavy (non-hydrogen) atoms. The van der Waals surface area contributed by atoms with Crippen LogP contribution in [-0.4, -0.2) is 33.5 Å². The fourth-order valence-corrected chi connectivity index (χ4v) is 3.69. The molecule has 0 saturated carbocycles. The number of benzene rings is 1. The summed E-state index contributed by atoms with van der Waals surface area (Å²) in [5.74, 6) is -0.0334. The Morgan fingerprint density at radius 1 is 1.39 bits per heavy atom. The highest BCUT2D eigenvalue weighted by Gasteiger charge is 2.22. The minimum absolute atomic E-state index is 0.0334. The molecular weight excluding hydrogens is 310 g/mol. The van der Waals surface area contributed by atoms with Crippen LogP contribution in [0.4, 0.5) is 10.8 Å². The number of hydrogen-bond acceptors (Lipinski definition) is 5. The SMILES string of the molecule is Cn1cnc2c3c(ccc21)N(CC(=O)Nc1nccs1)CCC3. The van der Waals surface area contributed by atoms with Crippen molar-refractivity contribution in [3.63, 3.8) is 0 Å². The van der Waals surface area contributed by atoms with E-state index in [1.165, 1.54) is 16.9 Å². The quantitative estimate of drug-likeness (QED) is 0.802. The largest absolute Gasteiger partial charge is 0.362 e. The Hall–Kier alpha value is -2.41. The van der Waals surface area contributed by atoms with E-state index < -0.39 is 0 Å². The lowest BCUT2D eigenvalue weighted by Crippen LogP contribution is -2.36. The second kappa shape index (κ2) is 5.66. The molecule has 2 aromatic heterocycles. The Morgan fingerprint density at radius 3 is 3.13 bits per heavy atom. The van der Waals surface area contributed by atoms with Crippen LogP contribution in [0, 0.1) is 0 Å². The number of carbonyl (C=O) groups excluding carboxylic acids is 1. The zero-order valence-electron chi connectivity index (χ0n) is 12.8. The number of aryl methyl sites for hydroxylation is 2. The molecule has 0 aliphatic carbocycles. The molecule has 0 radical (unpaired) electrons. The van der Waals surface area contributed by atoms with Crippen LogP contribution >= 0.6 is 11.3 Å². The summed E-state index contributed by atoms with van der Waals surface area (Å²) in [6.45, 7) is 1.22. The van der Waals surface area contributed by atoms with E-state index in [9.17, 15) is 4.79 Å². The van der Waals surface area contributed by atoms with Crippen molar-refractivity contribution in [2.45, 2.75) is 12.8 Å². The fraction of sp³-hybridized carbons (Fsp3) is 0.312. The van der Waals surface area contributed by atoms with Gasteiger partial charge in [0.15, 0.2) is 5.13 Å². The molecule has 1 aliphatic rings. The second-order valence-corrected chi connectivity index (χ2v) is 6.59. The standard InChI is InChI=1S/C16H17N5OS/c1-20-10-18-15-11-3-2-7-21(12(11)4-5-13(15)20)9-14(22)19-16-17-6-8-23-16/h4-6,8,10H,2-3,7,9H2,1H3,(H,17,19,22). The van der Waals surface area contributed by atoms with Gasteiger partial charge in [0.1, 0.15) is 0 Å². The van der Waals surface area contributed by atoms with Gasteiger partial charge in [0.05, 0.1) is 23.9 Å². The topological polar surface area (TPSA) is 63.1 Å². The van der Waals surface area contributed by atoms with Gasteiger partial charge in [0.25, 0.3) is 0 Å². The summed E-state index contributed by atoms with van der Waals surface area (Å²) < 4.78 is 2.03. The monoisotopic (exact) mass is 327 g/mol. The summed E-state index contributed by atoms with van der Waals surface area (Å²) >= 11 is 1.43. The van der Waals surface area contributed by atoms with E-state index in [1.807, 2.05) is 23.3 Å². The normalized spacial score (nSPS) is 14.0. The van der Waals surface area contributed by atoms with Crippen molar-refractivity contribution in [1.29, 1.82) is 0 Å². The van der Waals surface area contributed by atoms with Gasteiger partial charge in [-0.3, -0.25) is 4.79 Å². The number of thiazole rings is 1. The van der Waals surface area contributed by atoms with Crippen LogP contribution in [0.1, 0.15) is 12.0 Å². The molecular formula is C16H17N5OS. The Kier molecular flexibility index (Phi) is 3.49. The minimum Gasteiger partial charge on any atom is -0.362 e. The number of nitrogens with one attached hydrogen (secondary N) is 1. The maximum absolute atomic E-state index is 12.3. The molecule has 1 N–H and O–H groups in total. The summed E-state index contributed by atoms with van der Waals surface area (Å²) in [7, 11) is 2.00. The molecule has 0 bridgehead atoms. The Morgan fingerprint density at radius 2 is 2.30 bits per heavy atom. The molecule has 6 nitrogen and oxygen atoms in total. The molecule has 0 saturated heterocycles. The number of fused-ring (bicyclic) bond motifs is 3. The second-order valence-electron chi connectivity index (χ2n) is 5.70. The van der Waals surface area contributed by atoms with E-state index in [-0.39, 0.29) is 5.91 Å². The molecule has 1 amide bonds. The lowest BCUT2D eigenvalue weighted by atomic mass is 10.00. The van der Waals surface area contributed by atoms with Crippen LogP contribution < -0.4 is 10.2 Å². The average molecular weight is 327 g/mol. The Bertz CT molecular complexity index is 855. The molecule has 1 aliphatic heterocycles. The first-order valence-electron chi connectivity index (χ1n) is 7.59. The van der Waals surface area contributed by atoms with Gasteiger partial charge >= 0.3 is 0 Å². The highest BCUT2D eigenvalue weighted by molar-refractivity contribution is 7.13. The van der Waals surface area contributed by atoms with Gasteiger partial charge in [-0.25, -0.2) is 9.97 Å². The van der Waals surface area contributed by atoms with Gasteiger partial charge in [0.2, 0.25) is 5.91 Å². The maximum Gasteiger partial charge on any atom is 0.245 e. The number of rotatable bonds is 3. The molecule has 0 atom stereocenters. The molecule has 4 rings (SSSR count). The zero-order chi connectivity index (χ0) is 15.8. The van der Waals surface area contributed by atoms with Crippen molar-refractivity contribution in [2.75, 3.05) is 23.3 Å². The molecule has 3 aromatic rings. The fourth-order valence-electron chi connectivity index (χ4n) is 3.14. The van der Waals surface area contributed by atoms with Crippen molar-refractivity contribution in [3.05, 3.63) is 35.6 Å². The van der Waals surface area contributed by atoms with Crippen LogP contribution in [0.3, 0.4) is 0 Å². The number of carbonyl (C=O) groups is 1. The predicted molar refractivity (Wildman–Crippen MR) is 92.0 cm³/mol. The number of amides is 1. The minimum atomic E-state index is -0.0334. The third-order valence-electron chi connectivity index (χ3n) is 4.19. The van der Waals surface area contributed by atoms with Gasteiger partial charge in [0, 0.05) is 36.4 Å².